The molecule has 2 aromatic carbocycles. The van der Waals surface area contributed by atoms with Crippen LogP contribution in [0.15, 0.2) is 48.5 Å². The number of likely N-dealkylation sites (N-methyl/N-ethyl adjacent to an activating group) is 1. The number of nitrogens with zero attached hydrogens (tertiary/aromatic N) is 2. The van der Waals surface area contributed by atoms with E-state index in [-0.39, 0.29) is 5.82 Å². The van der Waals surface area contributed by atoms with E-state index in [4.69, 9.17) is 4.74 Å². The van der Waals surface area contributed by atoms with Crippen LogP contribution in [0.3, 0.4) is 0 Å². The van der Waals surface area contributed by atoms with E-state index in [0.29, 0.717) is 19.1 Å². The molecule has 0 spiro atoms. The van der Waals surface area contributed by atoms with Gasteiger partial charge >= 0.3 is 0 Å². The minimum Gasteiger partial charge on any atom is -0.491 e. The Morgan fingerprint density at radius 1 is 1.03 bits per heavy atom. The van der Waals surface area contributed by atoms with Gasteiger partial charge in [0.1, 0.15) is 24.3 Å². The average Bonchev–Trinajstić information content (AvgIpc) is 2.70. The molecule has 158 valence electrons. The summed E-state index contributed by atoms with van der Waals surface area (Å²) >= 11 is 0. The van der Waals surface area contributed by atoms with Gasteiger partial charge in [-0.15, -0.1) is 0 Å². The van der Waals surface area contributed by atoms with Crippen molar-refractivity contribution >= 4 is 0 Å². The molecule has 0 aromatic heterocycles. The molecular weight excluding hydrogens is 367 g/mol. The van der Waals surface area contributed by atoms with Crippen molar-refractivity contribution in [3.63, 3.8) is 0 Å². The molecule has 1 aliphatic rings. The lowest BCUT2D eigenvalue weighted by atomic mass is 9.90. The van der Waals surface area contributed by atoms with Gasteiger partial charge < -0.3 is 14.7 Å². The molecule has 1 atom stereocenters. The summed E-state index contributed by atoms with van der Waals surface area (Å²) in [5.41, 5.74) is 2.51. The SMILES string of the molecule is CN(C)CC(O)COc1ccc(CN2CCC(Cc3ccc(F)cc3)CC2)cc1. The van der Waals surface area contributed by atoms with Crippen molar-refractivity contribution in [3.8, 4) is 5.75 Å². The number of hydrogen-bond donors (Lipinski definition) is 1. The van der Waals surface area contributed by atoms with Gasteiger partial charge in [-0.1, -0.05) is 24.3 Å². The Hall–Kier alpha value is -1.95. The van der Waals surface area contributed by atoms with E-state index >= 15 is 0 Å². The Labute approximate surface area is 173 Å². The van der Waals surface area contributed by atoms with Crippen molar-refractivity contribution in [1.29, 1.82) is 0 Å². The van der Waals surface area contributed by atoms with Gasteiger partial charge in [0.25, 0.3) is 0 Å². The van der Waals surface area contributed by atoms with Crippen LogP contribution in [-0.2, 0) is 13.0 Å². The number of ether oxygens (including phenoxy) is 1. The van der Waals surface area contributed by atoms with Gasteiger partial charge in [0.15, 0.2) is 0 Å². The Morgan fingerprint density at radius 3 is 2.28 bits per heavy atom. The number of piperidine rings is 1. The van der Waals surface area contributed by atoms with Crippen molar-refractivity contribution in [2.24, 2.45) is 5.92 Å². The summed E-state index contributed by atoms with van der Waals surface area (Å²) in [6.07, 6.45) is 2.92. The smallest absolute Gasteiger partial charge is 0.123 e. The van der Waals surface area contributed by atoms with E-state index in [1.54, 1.807) is 12.1 Å². The quantitative estimate of drug-likeness (QED) is 0.698. The molecule has 3 rings (SSSR count). The summed E-state index contributed by atoms with van der Waals surface area (Å²) in [7, 11) is 3.87. The zero-order valence-corrected chi connectivity index (χ0v) is 17.6. The number of benzene rings is 2. The molecule has 0 radical (unpaired) electrons. The van der Waals surface area contributed by atoms with E-state index < -0.39 is 6.10 Å². The third-order valence-corrected chi connectivity index (χ3v) is 5.49. The lowest BCUT2D eigenvalue weighted by Crippen LogP contribution is -2.33. The maximum atomic E-state index is 13.0. The first-order chi connectivity index (χ1) is 14.0. The number of rotatable bonds is 9. The molecule has 1 heterocycles. The largest absolute Gasteiger partial charge is 0.491 e. The molecule has 29 heavy (non-hydrogen) atoms. The number of halogens is 1. The molecule has 1 aliphatic heterocycles. The highest BCUT2D eigenvalue weighted by atomic mass is 19.1. The Kier molecular flexibility index (Phi) is 8.04. The summed E-state index contributed by atoms with van der Waals surface area (Å²) in [6.45, 7) is 4.04. The summed E-state index contributed by atoms with van der Waals surface area (Å²) < 4.78 is 18.7. The predicted molar refractivity (Wildman–Crippen MR) is 115 cm³/mol. The maximum Gasteiger partial charge on any atom is 0.123 e. The molecule has 5 heteroatoms. The van der Waals surface area contributed by atoms with Gasteiger partial charge in [-0.2, -0.15) is 0 Å². The Bertz CT molecular complexity index is 726. The van der Waals surface area contributed by atoms with Gasteiger partial charge in [-0.25, -0.2) is 4.39 Å². The lowest BCUT2D eigenvalue weighted by Gasteiger charge is -2.32. The van der Waals surface area contributed by atoms with Crippen LogP contribution < -0.4 is 4.74 Å². The lowest BCUT2D eigenvalue weighted by molar-refractivity contribution is 0.0831. The van der Waals surface area contributed by atoms with Crippen molar-refractivity contribution in [2.45, 2.75) is 31.9 Å². The molecule has 1 fully saturated rings. The molecule has 1 N–H and O–H groups in total. The average molecular weight is 401 g/mol. The third kappa shape index (κ3) is 7.42. The molecule has 4 nitrogen and oxygen atoms in total. The second-order valence-electron chi connectivity index (χ2n) is 8.42. The fourth-order valence-electron chi connectivity index (χ4n) is 3.92. The van der Waals surface area contributed by atoms with Gasteiger partial charge in [0, 0.05) is 13.1 Å². The minimum absolute atomic E-state index is 0.162. The second kappa shape index (κ2) is 10.7. The van der Waals surface area contributed by atoms with Crippen LogP contribution in [0.4, 0.5) is 4.39 Å². The van der Waals surface area contributed by atoms with Crippen molar-refractivity contribution in [2.75, 3.05) is 40.3 Å². The fraction of sp³-hybridized carbons (Fsp3) is 0.500. The zero-order valence-electron chi connectivity index (χ0n) is 17.6. The predicted octanol–water partition coefficient (Wildman–Crippen LogP) is 3.58. The molecular formula is C24H33FN2O2. The highest BCUT2D eigenvalue weighted by molar-refractivity contribution is 5.27. The van der Waals surface area contributed by atoms with Gasteiger partial charge in [0.05, 0.1) is 0 Å². The van der Waals surface area contributed by atoms with Crippen molar-refractivity contribution < 1.29 is 14.2 Å². The monoisotopic (exact) mass is 400 g/mol. The number of aliphatic hydroxyl groups is 1. The van der Waals surface area contributed by atoms with Crippen LogP contribution in [0.1, 0.15) is 24.0 Å². The molecule has 2 aromatic rings. The van der Waals surface area contributed by atoms with E-state index in [2.05, 4.69) is 17.0 Å². The van der Waals surface area contributed by atoms with Crippen LogP contribution in [0.25, 0.3) is 0 Å². The number of likely N-dealkylation sites (tertiary alicyclic amines) is 1. The maximum absolute atomic E-state index is 13.0. The van der Waals surface area contributed by atoms with Gasteiger partial charge in [0.2, 0.25) is 0 Å². The fourth-order valence-corrected chi connectivity index (χ4v) is 3.92. The summed E-state index contributed by atoms with van der Waals surface area (Å²) in [5.74, 6) is 1.32. The number of aliphatic hydroxyl groups excluding tert-OH is 1. The first-order valence-electron chi connectivity index (χ1n) is 10.5. The van der Waals surface area contributed by atoms with Crippen molar-refractivity contribution in [3.05, 3.63) is 65.5 Å². The molecule has 0 saturated carbocycles. The highest BCUT2D eigenvalue weighted by Gasteiger charge is 2.19. The van der Waals surface area contributed by atoms with Crippen LogP contribution in [0.5, 0.6) is 5.75 Å². The third-order valence-electron chi connectivity index (χ3n) is 5.49. The van der Waals surface area contributed by atoms with Crippen LogP contribution >= 0.6 is 0 Å². The standard InChI is InChI=1S/C24H33FN2O2/c1-26(2)17-23(28)18-29-24-9-5-21(6-10-24)16-27-13-11-20(12-14-27)15-19-3-7-22(25)8-4-19/h3-10,20,23,28H,11-18H2,1-2H3. The molecule has 1 saturated heterocycles. The van der Waals surface area contributed by atoms with E-state index in [1.165, 1.54) is 24.0 Å². The molecule has 0 aliphatic carbocycles. The summed E-state index contributed by atoms with van der Waals surface area (Å²) in [5, 5.41) is 9.89. The molecule has 1 unspecified atom stereocenters. The van der Waals surface area contributed by atoms with Crippen LogP contribution in [0.2, 0.25) is 0 Å². The van der Waals surface area contributed by atoms with E-state index in [9.17, 15) is 9.50 Å². The van der Waals surface area contributed by atoms with E-state index in [0.717, 1.165) is 31.8 Å². The summed E-state index contributed by atoms with van der Waals surface area (Å²) in [4.78, 5) is 4.44. The molecule has 0 amide bonds. The second-order valence-corrected chi connectivity index (χ2v) is 8.42. The van der Waals surface area contributed by atoms with Gasteiger partial charge in [-0.3, -0.25) is 4.90 Å². The first kappa shape index (κ1) is 21.8. The molecule has 0 bridgehead atoms. The highest BCUT2D eigenvalue weighted by Crippen LogP contribution is 2.23. The van der Waals surface area contributed by atoms with Gasteiger partial charge in [-0.05, 0) is 87.8 Å². The zero-order chi connectivity index (χ0) is 20.6. The number of hydrogen-bond acceptors (Lipinski definition) is 4. The van der Waals surface area contributed by atoms with Crippen LogP contribution in [-0.4, -0.2) is 61.3 Å². The van der Waals surface area contributed by atoms with E-state index in [1.807, 2.05) is 43.3 Å². The minimum atomic E-state index is -0.485. The Morgan fingerprint density at radius 2 is 1.66 bits per heavy atom. The Balaban J connectivity index is 1.39. The van der Waals surface area contributed by atoms with Crippen LogP contribution in [0, 0.1) is 11.7 Å². The summed E-state index contributed by atoms with van der Waals surface area (Å²) in [6, 6.07) is 15.1. The van der Waals surface area contributed by atoms with Crippen molar-refractivity contribution in [1.82, 2.24) is 9.80 Å². The topological polar surface area (TPSA) is 35.9 Å². The first-order valence-corrected chi connectivity index (χ1v) is 10.5. The normalized spacial score (nSPS) is 16.9.